The molecular formula is C20H22ClNO3S. The van der Waals surface area contributed by atoms with Crippen molar-refractivity contribution in [3.63, 3.8) is 0 Å². The predicted octanol–water partition coefficient (Wildman–Crippen LogP) is 3.81. The molecule has 0 spiro atoms. The fraction of sp³-hybridized carbons (Fsp3) is 0.400. The van der Waals surface area contributed by atoms with Gasteiger partial charge in [-0.1, -0.05) is 41.9 Å². The Kier molecular flexibility index (Phi) is 4.95. The molecule has 0 saturated heterocycles. The molecule has 4 rings (SSSR count). The van der Waals surface area contributed by atoms with Crippen LogP contribution in [0.1, 0.15) is 29.5 Å². The second-order valence-electron chi connectivity index (χ2n) is 6.97. The van der Waals surface area contributed by atoms with Gasteiger partial charge in [-0.05, 0) is 48.1 Å². The molecule has 0 N–H and O–H groups in total. The Morgan fingerprint density at radius 2 is 1.96 bits per heavy atom. The number of benzene rings is 2. The molecule has 0 unspecified atom stereocenters. The third kappa shape index (κ3) is 3.90. The van der Waals surface area contributed by atoms with Gasteiger partial charge in [0.2, 0.25) is 10.0 Å². The Balaban J connectivity index is 1.47. The molecule has 0 amide bonds. The van der Waals surface area contributed by atoms with Crippen LogP contribution in [0.15, 0.2) is 42.5 Å². The van der Waals surface area contributed by atoms with Crippen LogP contribution in [0.5, 0.6) is 5.75 Å². The quantitative estimate of drug-likeness (QED) is 0.721. The fourth-order valence-electron chi connectivity index (χ4n) is 3.37. The van der Waals surface area contributed by atoms with Crippen molar-refractivity contribution in [2.45, 2.75) is 38.3 Å². The lowest BCUT2D eigenvalue weighted by molar-refractivity contribution is 0.357. The topological polar surface area (TPSA) is 46.6 Å². The second-order valence-corrected chi connectivity index (χ2v) is 9.42. The van der Waals surface area contributed by atoms with Gasteiger partial charge in [0, 0.05) is 24.0 Å². The number of halogens is 1. The van der Waals surface area contributed by atoms with Crippen molar-refractivity contribution in [2.24, 2.45) is 0 Å². The molecule has 1 saturated carbocycles. The number of sulfonamides is 1. The highest BCUT2D eigenvalue weighted by atomic mass is 35.5. The van der Waals surface area contributed by atoms with E-state index < -0.39 is 10.0 Å². The van der Waals surface area contributed by atoms with Crippen LogP contribution in [-0.2, 0) is 29.4 Å². The number of hydrogen-bond acceptors (Lipinski definition) is 3. The minimum atomic E-state index is -3.34. The standard InChI is InChI=1S/C20H22ClNO3S/c21-19-4-2-1-3-17(19)14-22(18-6-7-18)26(23,24)12-10-15-5-8-20-16(13-15)9-11-25-20/h1-5,8,13,18H,6-7,9-12,14H2. The van der Waals surface area contributed by atoms with Gasteiger partial charge in [0.1, 0.15) is 5.75 Å². The molecule has 1 aliphatic carbocycles. The lowest BCUT2D eigenvalue weighted by atomic mass is 10.1. The summed E-state index contributed by atoms with van der Waals surface area (Å²) in [6.07, 6.45) is 3.28. The molecule has 1 heterocycles. The maximum Gasteiger partial charge on any atom is 0.214 e. The van der Waals surface area contributed by atoms with Gasteiger partial charge in [0.05, 0.1) is 12.4 Å². The average molecular weight is 392 g/mol. The maximum atomic E-state index is 13.0. The summed E-state index contributed by atoms with van der Waals surface area (Å²) in [7, 11) is -3.34. The highest BCUT2D eigenvalue weighted by Gasteiger charge is 2.37. The molecule has 1 aliphatic heterocycles. The summed E-state index contributed by atoms with van der Waals surface area (Å²) < 4.78 is 33.1. The Labute approximate surface area is 159 Å². The first-order valence-electron chi connectivity index (χ1n) is 9.00. The van der Waals surface area contributed by atoms with Crippen molar-refractivity contribution in [3.05, 3.63) is 64.2 Å². The van der Waals surface area contributed by atoms with Crippen molar-refractivity contribution in [3.8, 4) is 5.75 Å². The highest BCUT2D eigenvalue weighted by Crippen LogP contribution is 2.33. The van der Waals surface area contributed by atoms with Crippen LogP contribution in [-0.4, -0.2) is 31.1 Å². The molecule has 138 valence electrons. The predicted molar refractivity (Wildman–Crippen MR) is 103 cm³/mol. The van der Waals surface area contributed by atoms with E-state index in [0.29, 0.717) is 24.6 Å². The van der Waals surface area contributed by atoms with Crippen LogP contribution in [0.2, 0.25) is 5.02 Å². The zero-order chi connectivity index (χ0) is 18.1. The molecule has 0 radical (unpaired) electrons. The SMILES string of the molecule is O=S(=O)(CCc1ccc2c(c1)CCO2)N(Cc1ccccc1Cl)C1CC1. The number of aryl methyl sites for hydroxylation is 1. The third-order valence-corrected chi connectivity index (χ3v) is 7.23. The van der Waals surface area contributed by atoms with E-state index in [1.54, 1.807) is 10.4 Å². The van der Waals surface area contributed by atoms with Gasteiger partial charge >= 0.3 is 0 Å². The van der Waals surface area contributed by atoms with E-state index in [9.17, 15) is 8.42 Å². The second kappa shape index (κ2) is 7.22. The van der Waals surface area contributed by atoms with Crippen LogP contribution < -0.4 is 4.74 Å². The van der Waals surface area contributed by atoms with Gasteiger partial charge < -0.3 is 4.74 Å². The Morgan fingerprint density at radius 3 is 2.73 bits per heavy atom. The Bertz CT molecular complexity index is 909. The van der Waals surface area contributed by atoms with E-state index in [-0.39, 0.29) is 11.8 Å². The van der Waals surface area contributed by atoms with Gasteiger partial charge in [-0.2, -0.15) is 4.31 Å². The molecule has 6 heteroatoms. The highest BCUT2D eigenvalue weighted by molar-refractivity contribution is 7.89. The minimum absolute atomic E-state index is 0.115. The van der Waals surface area contributed by atoms with E-state index in [1.807, 2.05) is 30.3 Å². The maximum absolute atomic E-state index is 13.0. The summed E-state index contributed by atoms with van der Waals surface area (Å²) in [6, 6.07) is 13.6. The molecule has 26 heavy (non-hydrogen) atoms. The normalized spacial score (nSPS) is 16.5. The molecule has 2 aromatic rings. The third-order valence-electron chi connectivity index (χ3n) is 5.00. The van der Waals surface area contributed by atoms with Crippen LogP contribution in [0.25, 0.3) is 0 Å². The van der Waals surface area contributed by atoms with Crippen molar-refractivity contribution >= 4 is 21.6 Å². The lowest BCUT2D eigenvalue weighted by Crippen LogP contribution is -2.35. The van der Waals surface area contributed by atoms with Crippen LogP contribution in [0, 0.1) is 0 Å². The number of fused-ring (bicyclic) bond motifs is 1. The molecule has 4 nitrogen and oxygen atoms in total. The number of ether oxygens (including phenoxy) is 1. The molecule has 1 fully saturated rings. The van der Waals surface area contributed by atoms with Gasteiger partial charge in [0.15, 0.2) is 0 Å². The van der Waals surface area contributed by atoms with Crippen LogP contribution in [0.3, 0.4) is 0 Å². The van der Waals surface area contributed by atoms with Crippen molar-refractivity contribution < 1.29 is 13.2 Å². The van der Waals surface area contributed by atoms with E-state index in [1.165, 1.54) is 5.56 Å². The summed E-state index contributed by atoms with van der Waals surface area (Å²) in [6.45, 7) is 1.06. The summed E-state index contributed by atoms with van der Waals surface area (Å²) >= 11 is 6.24. The van der Waals surface area contributed by atoms with Crippen LogP contribution in [0.4, 0.5) is 0 Å². The Morgan fingerprint density at radius 1 is 1.15 bits per heavy atom. The zero-order valence-electron chi connectivity index (χ0n) is 14.5. The summed E-state index contributed by atoms with van der Waals surface area (Å²) in [5, 5.41) is 0.618. The summed E-state index contributed by atoms with van der Waals surface area (Å²) in [5.74, 6) is 1.04. The first-order valence-corrected chi connectivity index (χ1v) is 11.0. The summed E-state index contributed by atoms with van der Waals surface area (Å²) in [5.41, 5.74) is 3.08. The number of hydrogen-bond donors (Lipinski definition) is 0. The van der Waals surface area contributed by atoms with Crippen molar-refractivity contribution in [2.75, 3.05) is 12.4 Å². The smallest absolute Gasteiger partial charge is 0.214 e. The van der Waals surface area contributed by atoms with Gasteiger partial charge in [0.25, 0.3) is 0 Å². The zero-order valence-corrected chi connectivity index (χ0v) is 16.1. The largest absolute Gasteiger partial charge is 0.493 e. The molecule has 0 bridgehead atoms. The minimum Gasteiger partial charge on any atom is -0.493 e. The van der Waals surface area contributed by atoms with E-state index >= 15 is 0 Å². The van der Waals surface area contributed by atoms with E-state index in [4.69, 9.17) is 16.3 Å². The van der Waals surface area contributed by atoms with Crippen molar-refractivity contribution in [1.82, 2.24) is 4.31 Å². The van der Waals surface area contributed by atoms with E-state index in [0.717, 1.165) is 36.1 Å². The first-order chi connectivity index (χ1) is 12.5. The van der Waals surface area contributed by atoms with Gasteiger partial charge in [-0.25, -0.2) is 8.42 Å². The van der Waals surface area contributed by atoms with Crippen molar-refractivity contribution in [1.29, 1.82) is 0 Å². The number of rotatable bonds is 7. The lowest BCUT2D eigenvalue weighted by Gasteiger charge is -2.22. The molecule has 0 aromatic heterocycles. The average Bonchev–Trinajstić information content (AvgIpc) is 3.35. The Hall–Kier alpha value is -1.56. The van der Waals surface area contributed by atoms with Gasteiger partial charge in [-0.15, -0.1) is 0 Å². The summed E-state index contributed by atoms with van der Waals surface area (Å²) in [4.78, 5) is 0. The van der Waals surface area contributed by atoms with E-state index in [2.05, 4.69) is 6.07 Å². The first kappa shape index (κ1) is 17.8. The molecule has 2 aromatic carbocycles. The molecule has 2 aliphatic rings. The fourth-order valence-corrected chi connectivity index (χ4v) is 5.30. The van der Waals surface area contributed by atoms with Crippen LogP contribution >= 0.6 is 11.6 Å². The number of nitrogens with zero attached hydrogens (tertiary/aromatic N) is 1. The molecule has 0 atom stereocenters. The molecular weight excluding hydrogens is 370 g/mol. The van der Waals surface area contributed by atoms with Gasteiger partial charge in [-0.3, -0.25) is 0 Å². The monoisotopic (exact) mass is 391 g/mol.